The van der Waals surface area contributed by atoms with Crippen LogP contribution in [0.15, 0.2) is 6.07 Å². The van der Waals surface area contributed by atoms with Gasteiger partial charge in [-0.3, -0.25) is 0 Å². The lowest BCUT2D eigenvalue weighted by molar-refractivity contribution is 0.198. The lowest BCUT2D eigenvalue weighted by Crippen LogP contribution is -2.12. The SMILES string of the molecule is CCCCCCC(C)Oc1nc(Cl)c(Cl)cc1Cl. The fourth-order valence-corrected chi connectivity index (χ4v) is 2.15. The molecule has 1 aromatic heterocycles. The Kier molecular flexibility index (Phi) is 7.13. The molecule has 0 amide bonds. The molecule has 2 nitrogen and oxygen atoms in total. The largest absolute Gasteiger partial charge is 0.474 e. The van der Waals surface area contributed by atoms with E-state index in [2.05, 4.69) is 11.9 Å². The van der Waals surface area contributed by atoms with Crippen LogP contribution in [0.4, 0.5) is 0 Å². The van der Waals surface area contributed by atoms with E-state index in [1.54, 1.807) is 6.07 Å². The molecule has 0 aliphatic rings. The molecular formula is C13H18Cl3NO. The monoisotopic (exact) mass is 309 g/mol. The third-order valence-corrected chi connectivity index (χ3v) is 3.58. The summed E-state index contributed by atoms with van der Waals surface area (Å²) in [5.41, 5.74) is 0. The highest BCUT2D eigenvalue weighted by molar-refractivity contribution is 6.42. The molecule has 0 aromatic carbocycles. The van der Waals surface area contributed by atoms with Gasteiger partial charge >= 0.3 is 0 Å². The van der Waals surface area contributed by atoms with Gasteiger partial charge < -0.3 is 4.74 Å². The molecule has 0 bridgehead atoms. The van der Waals surface area contributed by atoms with Crippen molar-refractivity contribution < 1.29 is 4.74 Å². The molecule has 0 saturated carbocycles. The van der Waals surface area contributed by atoms with E-state index in [0.717, 1.165) is 12.8 Å². The Morgan fingerprint density at radius 3 is 2.56 bits per heavy atom. The van der Waals surface area contributed by atoms with E-state index in [1.807, 2.05) is 6.92 Å². The first-order chi connectivity index (χ1) is 8.54. The summed E-state index contributed by atoms with van der Waals surface area (Å²) in [4.78, 5) is 4.04. The molecule has 1 heterocycles. The fraction of sp³-hybridized carbons (Fsp3) is 0.615. The molecule has 0 spiro atoms. The number of unbranched alkanes of at least 4 members (excludes halogenated alkanes) is 3. The summed E-state index contributed by atoms with van der Waals surface area (Å²) < 4.78 is 5.68. The lowest BCUT2D eigenvalue weighted by Gasteiger charge is -2.15. The minimum Gasteiger partial charge on any atom is -0.474 e. The Morgan fingerprint density at radius 1 is 1.17 bits per heavy atom. The maximum atomic E-state index is 6.00. The highest BCUT2D eigenvalue weighted by Gasteiger charge is 2.12. The number of hydrogen-bond donors (Lipinski definition) is 0. The predicted molar refractivity (Wildman–Crippen MR) is 78.1 cm³/mol. The van der Waals surface area contributed by atoms with Crippen LogP contribution >= 0.6 is 34.8 Å². The third-order valence-electron chi connectivity index (χ3n) is 2.63. The molecule has 0 aliphatic carbocycles. The van der Waals surface area contributed by atoms with Gasteiger partial charge in [-0.25, -0.2) is 0 Å². The second kappa shape index (κ2) is 8.08. The van der Waals surface area contributed by atoms with Crippen molar-refractivity contribution in [1.82, 2.24) is 4.98 Å². The van der Waals surface area contributed by atoms with E-state index < -0.39 is 0 Å². The standard InChI is InChI=1S/C13H18Cl3NO/c1-3-4-5-6-7-9(2)18-13-11(15)8-10(14)12(16)17-13/h8-9H,3-7H2,1-2H3. The second-order valence-electron chi connectivity index (χ2n) is 4.33. The van der Waals surface area contributed by atoms with Gasteiger partial charge in [0.2, 0.25) is 5.88 Å². The van der Waals surface area contributed by atoms with Crippen LogP contribution in [-0.4, -0.2) is 11.1 Å². The molecule has 1 aromatic rings. The number of halogens is 3. The summed E-state index contributed by atoms with van der Waals surface area (Å²) in [6.45, 7) is 4.20. The van der Waals surface area contributed by atoms with E-state index in [-0.39, 0.29) is 11.3 Å². The Bertz CT molecular complexity index is 385. The zero-order valence-corrected chi connectivity index (χ0v) is 12.9. The Hall–Kier alpha value is -0.180. The molecule has 1 atom stereocenters. The first-order valence-corrected chi connectivity index (χ1v) is 7.36. The Labute approximate surface area is 124 Å². The predicted octanol–water partition coefficient (Wildman–Crippen LogP) is 5.78. The summed E-state index contributed by atoms with van der Waals surface area (Å²) >= 11 is 17.6. The fourth-order valence-electron chi connectivity index (χ4n) is 1.62. The number of rotatable bonds is 7. The summed E-state index contributed by atoms with van der Waals surface area (Å²) in [6.07, 6.45) is 5.93. The number of pyridine rings is 1. The molecule has 1 unspecified atom stereocenters. The molecule has 1 rings (SSSR count). The minimum atomic E-state index is 0.0732. The summed E-state index contributed by atoms with van der Waals surface area (Å²) in [6, 6.07) is 1.55. The van der Waals surface area contributed by atoms with Crippen LogP contribution < -0.4 is 4.74 Å². The maximum Gasteiger partial charge on any atom is 0.234 e. The highest BCUT2D eigenvalue weighted by Crippen LogP contribution is 2.31. The highest BCUT2D eigenvalue weighted by atomic mass is 35.5. The van der Waals surface area contributed by atoms with Crippen molar-refractivity contribution >= 4 is 34.8 Å². The molecule has 18 heavy (non-hydrogen) atoms. The van der Waals surface area contributed by atoms with Crippen molar-refractivity contribution in [3.63, 3.8) is 0 Å². The molecular weight excluding hydrogens is 293 g/mol. The zero-order valence-electron chi connectivity index (χ0n) is 10.7. The quantitative estimate of drug-likeness (QED) is 0.470. The molecule has 102 valence electrons. The number of nitrogens with zero attached hydrogens (tertiary/aromatic N) is 1. The molecule has 0 aliphatic heterocycles. The minimum absolute atomic E-state index is 0.0732. The van der Waals surface area contributed by atoms with Gasteiger partial charge in [0.25, 0.3) is 0 Å². The van der Waals surface area contributed by atoms with Crippen molar-refractivity contribution in [2.45, 2.75) is 52.1 Å². The summed E-state index contributed by atoms with van der Waals surface area (Å²) in [7, 11) is 0. The van der Waals surface area contributed by atoms with E-state index in [1.165, 1.54) is 19.3 Å². The van der Waals surface area contributed by atoms with Crippen LogP contribution in [0.3, 0.4) is 0 Å². The van der Waals surface area contributed by atoms with Gasteiger partial charge in [0.15, 0.2) is 5.15 Å². The van der Waals surface area contributed by atoms with Crippen LogP contribution in [0.2, 0.25) is 15.2 Å². The first kappa shape index (κ1) is 15.9. The third kappa shape index (κ3) is 5.21. The van der Waals surface area contributed by atoms with Crippen molar-refractivity contribution in [2.24, 2.45) is 0 Å². The summed E-state index contributed by atoms with van der Waals surface area (Å²) in [5, 5.41) is 0.948. The van der Waals surface area contributed by atoms with Gasteiger partial charge in [-0.05, 0) is 25.8 Å². The van der Waals surface area contributed by atoms with Crippen molar-refractivity contribution in [1.29, 1.82) is 0 Å². The number of ether oxygens (including phenoxy) is 1. The normalized spacial score (nSPS) is 12.5. The molecule has 5 heteroatoms. The average Bonchev–Trinajstić information content (AvgIpc) is 2.32. The Balaban J connectivity index is 2.48. The molecule has 0 saturated heterocycles. The van der Waals surface area contributed by atoms with Gasteiger partial charge in [-0.1, -0.05) is 61.0 Å². The van der Waals surface area contributed by atoms with Gasteiger partial charge in [0.1, 0.15) is 5.02 Å². The average molecular weight is 311 g/mol. The van der Waals surface area contributed by atoms with Gasteiger partial charge in [-0.2, -0.15) is 4.98 Å². The first-order valence-electron chi connectivity index (χ1n) is 6.22. The van der Waals surface area contributed by atoms with E-state index >= 15 is 0 Å². The maximum absolute atomic E-state index is 6.00. The topological polar surface area (TPSA) is 22.1 Å². The lowest BCUT2D eigenvalue weighted by atomic mass is 10.1. The second-order valence-corrected chi connectivity index (χ2v) is 5.50. The summed E-state index contributed by atoms with van der Waals surface area (Å²) in [5.74, 6) is 0.356. The van der Waals surface area contributed by atoms with Gasteiger partial charge in [0.05, 0.1) is 11.1 Å². The smallest absolute Gasteiger partial charge is 0.234 e. The number of hydrogen-bond acceptors (Lipinski definition) is 2. The molecule has 0 fully saturated rings. The van der Waals surface area contributed by atoms with Crippen LogP contribution in [0.5, 0.6) is 5.88 Å². The zero-order chi connectivity index (χ0) is 13.5. The number of aromatic nitrogens is 1. The molecule has 0 radical (unpaired) electrons. The molecule has 0 N–H and O–H groups in total. The van der Waals surface area contributed by atoms with E-state index in [4.69, 9.17) is 39.5 Å². The van der Waals surface area contributed by atoms with Crippen LogP contribution in [0.25, 0.3) is 0 Å². The van der Waals surface area contributed by atoms with Crippen LogP contribution in [0, 0.1) is 0 Å². The van der Waals surface area contributed by atoms with Crippen LogP contribution in [0.1, 0.15) is 46.0 Å². The van der Waals surface area contributed by atoms with Crippen LogP contribution in [-0.2, 0) is 0 Å². The van der Waals surface area contributed by atoms with Crippen molar-refractivity contribution in [3.05, 3.63) is 21.3 Å². The van der Waals surface area contributed by atoms with Crippen molar-refractivity contribution in [3.8, 4) is 5.88 Å². The van der Waals surface area contributed by atoms with Crippen molar-refractivity contribution in [2.75, 3.05) is 0 Å². The van der Waals surface area contributed by atoms with E-state index in [0.29, 0.717) is 15.9 Å². The van der Waals surface area contributed by atoms with Gasteiger partial charge in [0, 0.05) is 0 Å². The van der Waals surface area contributed by atoms with E-state index in [9.17, 15) is 0 Å². The van der Waals surface area contributed by atoms with Gasteiger partial charge in [-0.15, -0.1) is 0 Å². The Morgan fingerprint density at radius 2 is 1.89 bits per heavy atom.